The molecular weight excluding hydrogens is 389 g/mol. The van der Waals surface area contributed by atoms with Crippen LogP contribution in [0.1, 0.15) is 5.56 Å². The number of nitrogens with one attached hydrogen (secondary N) is 1. The summed E-state index contributed by atoms with van der Waals surface area (Å²) in [6, 6.07) is 12.1. The van der Waals surface area contributed by atoms with Gasteiger partial charge < -0.3 is 4.74 Å². The highest BCUT2D eigenvalue weighted by Crippen LogP contribution is 2.26. The van der Waals surface area contributed by atoms with Crippen LogP contribution in [0, 0.1) is 0 Å². The van der Waals surface area contributed by atoms with Crippen molar-refractivity contribution in [2.75, 3.05) is 19.4 Å². The Morgan fingerprint density at radius 3 is 2.42 bits per heavy atom. The van der Waals surface area contributed by atoms with Crippen molar-refractivity contribution in [3.63, 3.8) is 0 Å². The maximum absolute atomic E-state index is 12.4. The van der Waals surface area contributed by atoms with E-state index in [1.54, 1.807) is 17.8 Å². The fourth-order valence-corrected chi connectivity index (χ4v) is 4.49. The maximum Gasteiger partial charge on any atom is 0.244 e. The van der Waals surface area contributed by atoms with E-state index in [4.69, 9.17) is 27.9 Å². The van der Waals surface area contributed by atoms with Crippen molar-refractivity contribution < 1.29 is 13.2 Å². The highest BCUT2D eigenvalue weighted by atomic mass is 35.5. The van der Waals surface area contributed by atoms with Crippen molar-refractivity contribution in [2.45, 2.75) is 10.6 Å². The second kappa shape index (κ2) is 8.97. The summed E-state index contributed by atoms with van der Waals surface area (Å²) in [5.41, 5.74) is 1.14. The van der Waals surface area contributed by atoms with Gasteiger partial charge in [-0.05, 0) is 35.9 Å². The van der Waals surface area contributed by atoms with Crippen molar-refractivity contribution in [3.8, 4) is 5.75 Å². The van der Waals surface area contributed by atoms with Crippen molar-refractivity contribution in [3.05, 3.63) is 58.1 Å². The Balaban J connectivity index is 1.87. The summed E-state index contributed by atoms with van der Waals surface area (Å²) in [5, 5.41) is 1.04. The van der Waals surface area contributed by atoms with Gasteiger partial charge in [-0.15, -0.1) is 0 Å². The molecule has 0 aliphatic heterocycles. The molecule has 0 atom stereocenters. The van der Waals surface area contributed by atoms with Crippen LogP contribution in [-0.4, -0.2) is 27.8 Å². The second-order valence-electron chi connectivity index (χ2n) is 4.87. The van der Waals surface area contributed by atoms with E-state index in [1.807, 2.05) is 24.3 Å². The number of sulfonamides is 1. The first-order valence-corrected chi connectivity index (χ1v) is 10.5. The fourth-order valence-electron chi connectivity index (χ4n) is 1.96. The van der Waals surface area contributed by atoms with E-state index in [-0.39, 0.29) is 10.6 Å². The van der Waals surface area contributed by atoms with Crippen LogP contribution in [0.3, 0.4) is 0 Å². The Kier molecular flexibility index (Phi) is 7.25. The topological polar surface area (TPSA) is 55.4 Å². The normalized spacial score (nSPS) is 11.5. The lowest BCUT2D eigenvalue weighted by Crippen LogP contribution is -2.26. The zero-order valence-electron chi connectivity index (χ0n) is 13.0. The molecule has 1 N–H and O–H groups in total. The number of hydrogen-bond acceptors (Lipinski definition) is 4. The predicted molar refractivity (Wildman–Crippen MR) is 101 cm³/mol. The number of thioether (sulfide) groups is 1. The Bertz CT molecular complexity index is 780. The summed E-state index contributed by atoms with van der Waals surface area (Å²) in [4.78, 5) is 0.0419. The monoisotopic (exact) mass is 405 g/mol. The molecule has 0 saturated heterocycles. The molecule has 0 fully saturated rings. The van der Waals surface area contributed by atoms with E-state index < -0.39 is 10.0 Å². The van der Waals surface area contributed by atoms with Gasteiger partial charge in [-0.25, -0.2) is 13.1 Å². The molecule has 0 aliphatic rings. The minimum absolute atomic E-state index is 0.0419. The van der Waals surface area contributed by atoms with E-state index in [9.17, 15) is 8.42 Å². The number of methoxy groups -OCH3 is 1. The maximum atomic E-state index is 12.4. The van der Waals surface area contributed by atoms with Crippen molar-refractivity contribution in [1.29, 1.82) is 0 Å². The van der Waals surface area contributed by atoms with Crippen LogP contribution >= 0.6 is 35.0 Å². The van der Waals surface area contributed by atoms with Crippen LogP contribution in [0.15, 0.2) is 47.4 Å². The standard InChI is InChI=1S/C16H17Cl2NO3S2/c1-22-15-7-6-14(18)10-16(15)24(20,21)19-8-9-23-11-12-2-4-13(17)5-3-12/h2-7,10,19H,8-9,11H2,1H3. The number of benzene rings is 2. The summed E-state index contributed by atoms with van der Waals surface area (Å²) in [6.07, 6.45) is 0. The summed E-state index contributed by atoms with van der Waals surface area (Å²) < 4.78 is 32.4. The molecule has 0 radical (unpaired) electrons. The van der Waals surface area contributed by atoms with Gasteiger partial charge in [0.15, 0.2) is 0 Å². The molecule has 0 spiro atoms. The summed E-state index contributed by atoms with van der Waals surface area (Å²) in [7, 11) is -2.25. The van der Waals surface area contributed by atoms with E-state index >= 15 is 0 Å². The molecule has 0 amide bonds. The van der Waals surface area contributed by atoms with Crippen LogP contribution in [-0.2, 0) is 15.8 Å². The largest absolute Gasteiger partial charge is 0.495 e. The number of ether oxygens (including phenoxy) is 1. The molecule has 2 aromatic carbocycles. The SMILES string of the molecule is COc1ccc(Cl)cc1S(=O)(=O)NCCSCc1ccc(Cl)cc1. The predicted octanol–water partition coefficient (Wildman–Crippen LogP) is 4.21. The number of rotatable bonds is 8. The van der Waals surface area contributed by atoms with Gasteiger partial charge in [-0.3, -0.25) is 0 Å². The molecule has 0 bridgehead atoms. The van der Waals surface area contributed by atoms with Gasteiger partial charge in [0.25, 0.3) is 0 Å². The zero-order chi connectivity index (χ0) is 17.6. The van der Waals surface area contributed by atoms with Crippen LogP contribution in [0.4, 0.5) is 0 Å². The third-order valence-electron chi connectivity index (χ3n) is 3.14. The fraction of sp³-hybridized carbons (Fsp3) is 0.250. The molecule has 0 heterocycles. The first-order valence-electron chi connectivity index (χ1n) is 7.08. The molecule has 0 aromatic heterocycles. The summed E-state index contributed by atoms with van der Waals surface area (Å²) in [5.74, 6) is 1.70. The molecule has 2 rings (SSSR count). The van der Waals surface area contributed by atoms with E-state index in [0.717, 1.165) is 11.3 Å². The molecule has 4 nitrogen and oxygen atoms in total. The molecule has 8 heteroatoms. The molecule has 0 unspecified atom stereocenters. The number of halogens is 2. The molecule has 130 valence electrons. The lowest BCUT2D eigenvalue weighted by molar-refractivity contribution is 0.402. The Morgan fingerprint density at radius 2 is 1.75 bits per heavy atom. The van der Waals surface area contributed by atoms with Crippen molar-refractivity contribution in [1.82, 2.24) is 4.72 Å². The minimum Gasteiger partial charge on any atom is -0.495 e. The Labute approximate surface area is 156 Å². The van der Waals surface area contributed by atoms with E-state index in [0.29, 0.717) is 22.3 Å². The van der Waals surface area contributed by atoms with Gasteiger partial charge in [0.2, 0.25) is 10.0 Å². The summed E-state index contributed by atoms with van der Waals surface area (Å²) in [6.45, 7) is 0.316. The van der Waals surface area contributed by atoms with Gasteiger partial charge in [0.1, 0.15) is 10.6 Å². The zero-order valence-corrected chi connectivity index (χ0v) is 16.1. The van der Waals surface area contributed by atoms with Gasteiger partial charge in [-0.2, -0.15) is 11.8 Å². The molecule has 0 saturated carbocycles. The van der Waals surface area contributed by atoms with Crippen LogP contribution < -0.4 is 9.46 Å². The average molecular weight is 406 g/mol. The van der Waals surface area contributed by atoms with Gasteiger partial charge >= 0.3 is 0 Å². The lowest BCUT2D eigenvalue weighted by Gasteiger charge is -2.11. The highest BCUT2D eigenvalue weighted by molar-refractivity contribution is 7.98. The second-order valence-corrected chi connectivity index (χ2v) is 8.59. The molecular formula is C16H17Cl2NO3S2. The smallest absolute Gasteiger partial charge is 0.244 e. The first kappa shape index (κ1) is 19.4. The van der Waals surface area contributed by atoms with Crippen molar-refractivity contribution in [2.24, 2.45) is 0 Å². The summed E-state index contributed by atoms with van der Waals surface area (Å²) >= 11 is 13.4. The highest BCUT2D eigenvalue weighted by Gasteiger charge is 2.19. The van der Waals surface area contributed by atoms with E-state index in [1.165, 1.54) is 19.2 Å². The number of hydrogen-bond donors (Lipinski definition) is 1. The quantitative estimate of drug-likeness (QED) is 0.668. The molecule has 0 aliphatic carbocycles. The Morgan fingerprint density at radius 1 is 1.08 bits per heavy atom. The van der Waals surface area contributed by atoms with Crippen molar-refractivity contribution >= 4 is 45.0 Å². The van der Waals surface area contributed by atoms with E-state index in [2.05, 4.69) is 4.72 Å². The Hall–Kier alpha value is -0.920. The van der Waals surface area contributed by atoms with Gasteiger partial charge in [-0.1, -0.05) is 35.3 Å². The van der Waals surface area contributed by atoms with Gasteiger partial charge in [0.05, 0.1) is 7.11 Å². The first-order chi connectivity index (χ1) is 11.4. The third kappa shape index (κ3) is 5.57. The third-order valence-corrected chi connectivity index (χ3v) is 6.14. The van der Waals surface area contributed by atoms with Crippen LogP contribution in [0.5, 0.6) is 5.75 Å². The minimum atomic E-state index is -3.67. The molecule has 24 heavy (non-hydrogen) atoms. The van der Waals surface area contributed by atoms with Crippen LogP contribution in [0.2, 0.25) is 10.0 Å². The average Bonchev–Trinajstić information content (AvgIpc) is 2.56. The lowest BCUT2D eigenvalue weighted by atomic mass is 10.2. The van der Waals surface area contributed by atoms with Crippen LogP contribution in [0.25, 0.3) is 0 Å². The molecule has 2 aromatic rings. The van der Waals surface area contributed by atoms with Gasteiger partial charge in [0, 0.05) is 28.1 Å².